The summed E-state index contributed by atoms with van der Waals surface area (Å²) in [7, 11) is 0. The average Bonchev–Trinajstić information content (AvgIpc) is 2.55. The summed E-state index contributed by atoms with van der Waals surface area (Å²) in [5.41, 5.74) is 3.47. The molecule has 0 aliphatic carbocycles. The molecule has 2 nitrogen and oxygen atoms in total. The predicted octanol–water partition coefficient (Wildman–Crippen LogP) is 3.81. The van der Waals surface area contributed by atoms with E-state index in [-0.39, 0.29) is 0 Å². The van der Waals surface area contributed by atoms with Gasteiger partial charge in [0.1, 0.15) is 5.82 Å². The van der Waals surface area contributed by atoms with E-state index in [2.05, 4.69) is 50.1 Å². The van der Waals surface area contributed by atoms with Gasteiger partial charge in [0.25, 0.3) is 0 Å². The molecule has 0 aliphatic heterocycles. The second-order valence-corrected chi connectivity index (χ2v) is 5.16. The minimum atomic E-state index is 0.621. The fourth-order valence-corrected chi connectivity index (χ4v) is 2.09. The first kappa shape index (κ1) is 11.9. The van der Waals surface area contributed by atoms with Crippen molar-refractivity contribution < 1.29 is 0 Å². The summed E-state index contributed by atoms with van der Waals surface area (Å²) in [6, 6.07) is 8.32. The molecular weight excluding hydrogens is 208 g/mol. The largest absolute Gasteiger partial charge is 0.324 e. The van der Waals surface area contributed by atoms with Gasteiger partial charge in [-0.2, -0.15) is 0 Å². The van der Waals surface area contributed by atoms with Crippen LogP contribution in [0.4, 0.5) is 0 Å². The standard InChI is InChI=1S/C15H20N2/c1-11(2)9-15-16-13-7-5-6-8-14(13)17(15)10-12(3)4/h5-8,11H,3,9-10H2,1-2,4H3. The van der Waals surface area contributed by atoms with E-state index in [1.54, 1.807) is 0 Å². The van der Waals surface area contributed by atoms with E-state index in [0.717, 1.165) is 24.1 Å². The zero-order valence-corrected chi connectivity index (χ0v) is 10.9. The summed E-state index contributed by atoms with van der Waals surface area (Å²) in [6.07, 6.45) is 1.02. The molecule has 0 aliphatic rings. The molecule has 0 bridgehead atoms. The molecule has 0 amide bonds. The number of allylic oxidation sites excluding steroid dienone is 1. The summed E-state index contributed by atoms with van der Waals surface area (Å²) in [4.78, 5) is 4.73. The van der Waals surface area contributed by atoms with Crippen molar-refractivity contribution in [2.24, 2.45) is 5.92 Å². The second-order valence-electron chi connectivity index (χ2n) is 5.16. The highest BCUT2D eigenvalue weighted by molar-refractivity contribution is 5.76. The van der Waals surface area contributed by atoms with Gasteiger partial charge >= 0.3 is 0 Å². The van der Waals surface area contributed by atoms with Gasteiger partial charge in [0.05, 0.1) is 11.0 Å². The maximum Gasteiger partial charge on any atom is 0.110 e. The van der Waals surface area contributed by atoms with Crippen LogP contribution in [0.5, 0.6) is 0 Å². The van der Waals surface area contributed by atoms with Gasteiger partial charge < -0.3 is 4.57 Å². The molecule has 0 N–H and O–H groups in total. The van der Waals surface area contributed by atoms with Crippen molar-refractivity contribution >= 4 is 11.0 Å². The Hall–Kier alpha value is -1.57. The Balaban J connectivity index is 2.52. The molecule has 0 atom stereocenters. The predicted molar refractivity (Wildman–Crippen MR) is 73.1 cm³/mol. The topological polar surface area (TPSA) is 17.8 Å². The lowest BCUT2D eigenvalue weighted by atomic mass is 10.1. The van der Waals surface area contributed by atoms with Crippen LogP contribution in [0.25, 0.3) is 11.0 Å². The summed E-state index contributed by atoms with van der Waals surface area (Å²) >= 11 is 0. The SMILES string of the molecule is C=C(C)Cn1c(CC(C)C)nc2ccccc21. The fourth-order valence-electron chi connectivity index (χ4n) is 2.09. The number of nitrogens with zero attached hydrogens (tertiary/aromatic N) is 2. The van der Waals surface area contributed by atoms with Gasteiger partial charge in [-0.25, -0.2) is 4.98 Å². The molecule has 1 aromatic heterocycles. The zero-order valence-electron chi connectivity index (χ0n) is 10.9. The highest BCUT2D eigenvalue weighted by atomic mass is 15.1. The van der Waals surface area contributed by atoms with Gasteiger partial charge in [0.15, 0.2) is 0 Å². The molecule has 0 saturated heterocycles. The Morgan fingerprint density at radius 1 is 1.35 bits per heavy atom. The summed E-state index contributed by atoms with van der Waals surface area (Å²) in [5, 5.41) is 0. The molecule has 2 heteroatoms. The Morgan fingerprint density at radius 2 is 2.06 bits per heavy atom. The van der Waals surface area contributed by atoms with Crippen LogP contribution in [-0.4, -0.2) is 9.55 Å². The van der Waals surface area contributed by atoms with Crippen LogP contribution in [0.15, 0.2) is 36.4 Å². The highest BCUT2D eigenvalue weighted by Gasteiger charge is 2.11. The lowest BCUT2D eigenvalue weighted by Crippen LogP contribution is -2.07. The van der Waals surface area contributed by atoms with Crippen molar-refractivity contribution in [3.05, 3.63) is 42.2 Å². The fraction of sp³-hybridized carbons (Fsp3) is 0.400. The molecule has 1 aromatic carbocycles. The molecule has 0 fully saturated rings. The van der Waals surface area contributed by atoms with Crippen molar-refractivity contribution in [3.8, 4) is 0 Å². The lowest BCUT2D eigenvalue weighted by molar-refractivity contribution is 0.593. The first-order chi connectivity index (χ1) is 8.08. The van der Waals surface area contributed by atoms with Crippen molar-refractivity contribution in [2.75, 3.05) is 0 Å². The van der Waals surface area contributed by atoms with Crippen molar-refractivity contribution in [2.45, 2.75) is 33.7 Å². The van der Waals surface area contributed by atoms with E-state index in [1.807, 2.05) is 6.07 Å². The molecule has 0 saturated carbocycles. The Bertz CT molecular complexity index is 535. The first-order valence-corrected chi connectivity index (χ1v) is 6.16. The van der Waals surface area contributed by atoms with Gasteiger partial charge in [-0.3, -0.25) is 0 Å². The Labute approximate surface area is 103 Å². The minimum Gasteiger partial charge on any atom is -0.324 e. The lowest BCUT2D eigenvalue weighted by Gasteiger charge is -2.10. The van der Waals surface area contributed by atoms with Gasteiger partial charge in [-0.1, -0.05) is 38.1 Å². The third-order valence-corrected chi connectivity index (χ3v) is 2.75. The van der Waals surface area contributed by atoms with Crippen LogP contribution in [0, 0.1) is 5.92 Å². The zero-order chi connectivity index (χ0) is 12.4. The van der Waals surface area contributed by atoms with E-state index < -0.39 is 0 Å². The molecule has 17 heavy (non-hydrogen) atoms. The van der Waals surface area contributed by atoms with Crippen LogP contribution < -0.4 is 0 Å². The number of benzene rings is 1. The van der Waals surface area contributed by atoms with Crippen LogP contribution in [-0.2, 0) is 13.0 Å². The number of rotatable bonds is 4. The number of imidazole rings is 1. The second kappa shape index (κ2) is 4.74. The first-order valence-electron chi connectivity index (χ1n) is 6.16. The van der Waals surface area contributed by atoms with E-state index >= 15 is 0 Å². The maximum absolute atomic E-state index is 4.73. The summed E-state index contributed by atoms with van der Waals surface area (Å²) in [6.45, 7) is 11.4. The third kappa shape index (κ3) is 2.57. The van der Waals surface area contributed by atoms with Crippen molar-refractivity contribution in [1.29, 1.82) is 0 Å². The Morgan fingerprint density at radius 3 is 2.71 bits per heavy atom. The molecule has 2 aromatic rings. The van der Waals surface area contributed by atoms with Gasteiger partial charge in [-0.15, -0.1) is 0 Å². The maximum atomic E-state index is 4.73. The van der Waals surface area contributed by atoms with Gasteiger partial charge in [0, 0.05) is 13.0 Å². The minimum absolute atomic E-state index is 0.621. The average molecular weight is 228 g/mol. The number of hydrogen-bond donors (Lipinski definition) is 0. The van der Waals surface area contributed by atoms with Crippen LogP contribution in [0.1, 0.15) is 26.6 Å². The highest BCUT2D eigenvalue weighted by Crippen LogP contribution is 2.19. The third-order valence-electron chi connectivity index (χ3n) is 2.75. The van der Waals surface area contributed by atoms with E-state index in [0.29, 0.717) is 5.92 Å². The summed E-state index contributed by atoms with van der Waals surface area (Å²) in [5.74, 6) is 1.79. The van der Waals surface area contributed by atoms with Gasteiger partial charge in [0.2, 0.25) is 0 Å². The number of aromatic nitrogens is 2. The number of fused-ring (bicyclic) bond motifs is 1. The van der Waals surface area contributed by atoms with E-state index in [4.69, 9.17) is 4.98 Å². The summed E-state index contributed by atoms with van der Waals surface area (Å²) < 4.78 is 2.29. The van der Waals surface area contributed by atoms with Crippen molar-refractivity contribution in [1.82, 2.24) is 9.55 Å². The van der Waals surface area contributed by atoms with Crippen LogP contribution in [0.3, 0.4) is 0 Å². The normalized spacial score (nSPS) is 11.3. The van der Waals surface area contributed by atoms with Gasteiger partial charge in [-0.05, 0) is 25.0 Å². The monoisotopic (exact) mass is 228 g/mol. The van der Waals surface area contributed by atoms with E-state index in [1.165, 1.54) is 11.3 Å². The van der Waals surface area contributed by atoms with E-state index in [9.17, 15) is 0 Å². The van der Waals surface area contributed by atoms with Crippen LogP contribution >= 0.6 is 0 Å². The molecule has 0 unspecified atom stereocenters. The molecule has 1 heterocycles. The molecular formula is C15H20N2. The van der Waals surface area contributed by atoms with Crippen LogP contribution in [0.2, 0.25) is 0 Å². The quantitative estimate of drug-likeness (QED) is 0.728. The molecule has 0 spiro atoms. The number of hydrogen-bond acceptors (Lipinski definition) is 1. The smallest absolute Gasteiger partial charge is 0.110 e. The number of para-hydroxylation sites is 2. The Kier molecular flexibility index (Phi) is 3.32. The molecule has 2 rings (SSSR count). The molecule has 90 valence electrons. The molecule has 0 radical (unpaired) electrons. The van der Waals surface area contributed by atoms with Crippen molar-refractivity contribution in [3.63, 3.8) is 0 Å².